The second kappa shape index (κ2) is 7.44. The van der Waals surface area contributed by atoms with Gasteiger partial charge in [0.05, 0.1) is 0 Å². The largest absolute Gasteiger partial charge is 0.550 e. The highest BCUT2D eigenvalue weighted by molar-refractivity contribution is 5.82. The molecule has 0 saturated carbocycles. The van der Waals surface area contributed by atoms with Crippen molar-refractivity contribution >= 4 is 16.9 Å². The number of benzene rings is 2. The average molecular weight is 351 g/mol. The maximum Gasteiger partial charge on any atom is 0.339 e. The number of aryl methyl sites for hydroxylation is 2. The van der Waals surface area contributed by atoms with Crippen molar-refractivity contribution in [3.63, 3.8) is 0 Å². The van der Waals surface area contributed by atoms with E-state index >= 15 is 0 Å². The van der Waals surface area contributed by atoms with Crippen LogP contribution in [0.1, 0.15) is 28.7 Å². The summed E-state index contributed by atoms with van der Waals surface area (Å²) in [6.45, 7) is 4.23. The Kier molecular flexibility index (Phi) is 5.07. The first-order valence-electron chi connectivity index (χ1n) is 8.38. The van der Waals surface area contributed by atoms with E-state index in [1.807, 2.05) is 43.3 Å². The molecule has 0 aliphatic rings. The van der Waals surface area contributed by atoms with Crippen molar-refractivity contribution in [1.82, 2.24) is 0 Å². The SMILES string of the molecule is Cc1ccc(COc2ccc3c(C)c(CCC(=O)[O-])c(=O)oc3c2)cc1. The molecule has 0 aliphatic carbocycles. The molecule has 0 atom stereocenters. The molecule has 0 aliphatic heterocycles. The van der Waals surface area contributed by atoms with Crippen LogP contribution in [0.4, 0.5) is 0 Å². The Labute approximate surface area is 150 Å². The van der Waals surface area contributed by atoms with Gasteiger partial charge in [-0.1, -0.05) is 29.8 Å². The molecule has 3 rings (SSSR count). The van der Waals surface area contributed by atoms with E-state index in [0.29, 0.717) is 23.5 Å². The summed E-state index contributed by atoms with van der Waals surface area (Å²) in [6.07, 6.45) is -0.118. The number of carbonyl (C=O) groups excluding carboxylic acids is 1. The molecule has 0 radical (unpaired) electrons. The number of carboxylic acid groups (broad SMARTS) is 1. The molecule has 0 unspecified atom stereocenters. The van der Waals surface area contributed by atoms with E-state index in [2.05, 4.69) is 0 Å². The van der Waals surface area contributed by atoms with E-state index in [9.17, 15) is 14.7 Å². The number of ether oxygens (including phenoxy) is 1. The smallest absolute Gasteiger partial charge is 0.339 e. The fourth-order valence-electron chi connectivity index (χ4n) is 2.83. The third-order valence-electron chi connectivity index (χ3n) is 4.36. The second-order valence-electron chi connectivity index (χ2n) is 6.30. The molecule has 2 aromatic carbocycles. The Balaban J connectivity index is 1.84. The van der Waals surface area contributed by atoms with Gasteiger partial charge in [-0.25, -0.2) is 4.79 Å². The summed E-state index contributed by atoms with van der Waals surface area (Å²) >= 11 is 0. The molecule has 0 spiro atoms. The zero-order chi connectivity index (χ0) is 18.7. The minimum atomic E-state index is -1.19. The molecular formula is C21H19O5-. The predicted molar refractivity (Wildman–Crippen MR) is 96.1 cm³/mol. The highest BCUT2D eigenvalue weighted by Gasteiger charge is 2.12. The third kappa shape index (κ3) is 3.94. The molecule has 3 aromatic rings. The minimum absolute atomic E-state index is 0.0954. The van der Waals surface area contributed by atoms with Gasteiger partial charge in [-0.15, -0.1) is 0 Å². The molecule has 0 fully saturated rings. The second-order valence-corrected chi connectivity index (χ2v) is 6.30. The number of hydrogen-bond acceptors (Lipinski definition) is 5. The van der Waals surface area contributed by atoms with Crippen LogP contribution in [0.5, 0.6) is 5.75 Å². The van der Waals surface area contributed by atoms with Crippen LogP contribution in [0.25, 0.3) is 11.0 Å². The topological polar surface area (TPSA) is 79.6 Å². The Hall–Kier alpha value is -3.08. The van der Waals surface area contributed by atoms with Crippen molar-refractivity contribution in [1.29, 1.82) is 0 Å². The maximum atomic E-state index is 12.2. The number of aliphatic carboxylic acids is 1. The van der Waals surface area contributed by atoms with Gasteiger partial charge in [-0.3, -0.25) is 0 Å². The van der Waals surface area contributed by atoms with Crippen molar-refractivity contribution in [2.45, 2.75) is 33.3 Å². The van der Waals surface area contributed by atoms with Crippen LogP contribution in [0, 0.1) is 13.8 Å². The molecule has 1 heterocycles. The van der Waals surface area contributed by atoms with E-state index in [1.54, 1.807) is 13.0 Å². The normalized spacial score (nSPS) is 10.8. The summed E-state index contributed by atoms with van der Waals surface area (Å²) in [7, 11) is 0. The molecule has 0 N–H and O–H groups in total. The van der Waals surface area contributed by atoms with Gasteiger partial charge in [0.25, 0.3) is 0 Å². The van der Waals surface area contributed by atoms with E-state index in [0.717, 1.165) is 16.5 Å². The lowest BCUT2D eigenvalue weighted by atomic mass is 10.0. The number of carbonyl (C=O) groups is 1. The minimum Gasteiger partial charge on any atom is -0.550 e. The molecule has 5 heteroatoms. The number of fused-ring (bicyclic) bond motifs is 1. The average Bonchev–Trinajstić information content (AvgIpc) is 2.60. The lowest BCUT2D eigenvalue weighted by Gasteiger charge is -2.10. The van der Waals surface area contributed by atoms with Crippen LogP contribution in [0.3, 0.4) is 0 Å². The summed E-state index contributed by atoms with van der Waals surface area (Å²) in [4.78, 5) is 22.8. The highest BCUT2D eigenvalue weighted by atomic mass is 16.5. The van der Waals surface area contributed by atoms with E-state index < -0.39 is 11.6 Å². The standard InChI is InChI=1S/C21H20O5/c1-13-3-5-15(6-4-13)12-25-16-7-8-17-14(2)18(9-10-20(22)23)21(24)26-19(17)11-16/h3-8,11H,9-10,12H2,1-2H3,(H,22,23)/p-1. The fourth-order valence-corrected chi connectivity index (χ4v) is 2.83. The van der Waals surface area contributed by atoms with Gasteiger partial charge < -0.3 is 19.1 Å². The van der Waals surface area contributed by atoms with Crippen molar-refractivity contribution in [3.05, 3.63) is 75.1 Å². The van der Waals surface area contributed by atoms with Crippen molar-refractivity contribution in [2.75, 3.05) is 0 Å². The Bertz CT molecular complexity index is 999. The predicted octanol–water partition coefficient (Wildman–Crippen LogP) is 2.67. The van der Waals surface area contributed by atoms with Crippen LogP contribution in [-0.2, 0) is 17.8 Å². The molecule has 1 aromatic heterocycles. The van der Waals surface area contributed by atoms with Crippen LogP contribution in [0.15, 0.2) is 51.7 Å². The zero-order valence-corrected chi connectivity index (χ0v) is 14.7. The Morgan fingerprint density at radius 3 is 2.54 bits per heavy atom. The first kappa shape index (κ1) is 17.7. The first-order valence-corrected chi connectivity index (χ1v) is 8.38. The van der Waals surface area contributed by atoms with Gasteiger partial charge in [0, 0.05) is 23.0 Å². The van der Waals surface area contributed by atoms with E-state index in [4.69, 9.17) is 9.15 Å². The lowest BCUT2D eigenvalue weighted by molar-refractivity contribution is -0.305. The molecule has 0 bridgehead atoms. The fraction of sp³-hybridized carbons (Fsp3) is 0.238. The van der Waals surface area contributed by atoms with Crippen molar-refractivity contribution < 1.29 is 19.1 Å². The molecule has 0 amide bonds. The van der Waals surface area contributed by atoms with Crippen LogP contribution >= 0.6 is 0 Å². The molecule has 26 heavy (non-hydrogen) atoms. The Morgan fingerprint density at radius 1 is 1.12 bits per heavy atom. The number of hydrogen-bond donors (Lipinski definition) is 0. The van der Waals surface area contributed by atoms with Gasteiger partial charge in [0.2, 0.25) is 0 Å². The van der Waals surface area contributed by atoms with Gasteiger partial charge in [-0.05, 0) is 49.9 Å². The molecule has 134 valence electrons. The van der Waals surface area contributed by atoms with Crippen LogP contribution < -0.4 is 15.5 Å². The summed E-state index contributed by atoms with van der Waals surface area (Å²) in [6, 6.07) is 13.4. The monoisotopic (exact) mass is 351 g/mol. The summed E-state index contributed by atoms with van der Waals surface area (Å²) in [5.74, 6) is -0.591. The molecule has 0 saturated heterocycles. The van der Waals surface area contributed by atoms with Gasteiger partial charge in [0.15, 0.2) is 0 Å². The summed E-state index contributed by atoms with van der Waals surface area (Å²) in [5.41, 5.74) is 3.23. The van der Waals surface area contributed by atoms with Gasteiger partial charge in [0.1, 0.15) is 17.9 Å². The van der Waals surface area contributed by atoms with Crippen molar-refractivity contribution in [3.8, 4) is 5.75 Å². The summed E-state index contributed by atoms with van der Waals surface area (Å²) in [5, 5.41) is 11.4. The first-order chi connectivity index (χ1) is 12.4. The van der Waals surface area contributed by atoms with Gasteiger partial charge in [-0.2, -0.15) is 0 Å². The molecular weight excluding hydrogens is 332 g/mol. The highest BCUT2D eigenvalue weighted by Crippen LogP contribution is 2.25. The third-order valence-corrected chi connectivity index (χ3v) is 4.36. The quantitative estimate of drug-likeness (QED) is 0.638. The molecule has 5 nitrogen and oxygen atoms in total. The Morgan fingerprint density at radius 2 is 1.85 bits per heavy atom. The van der Waals surface area contributed by atoms with Crippen LogP contribution in [0.2, 0.25) is 0 Å². The number of carboxylic acids is 1. The lowest BCUT2D eigenvalue weighted by Crippen LogP contribution is -2.24. The van der Waals surface area contributed by atoms with Crippen LogP contribution in [-0.4, -0.2) is 5.97 Å². The van der Waals surface area contributed by atoms with Gasteiger partial charge >= 0.3 is 5.63 Å². The number of rotatable bonds is 6. The van der Waals surface area contributed by atoms with E-state index in [1.165, 1.54) is 5.56 Å². The van der Waals surface area contributed by atoms with Crippen molar-refractivity contribution in [2.24, 2.45) is 0 Å². The maximum absolute atomic E-state index is 12.2. The van der Waals surface area contributed by atoms with E-state index in [-0.39, 0.29) is 12.8 Å². The zero-order valence-electron chi connectivity index (χ0n) is 14.7. The summed E-state index contributed by atoms with van der Waals surface area (Å²) < 4.78 is 11.1.